The van der Waals surface area contributed by atoms with Gasteiger partial charge in [0.1, 0.15) is 0 Å². The average molecular weight is 285 g/mol. The summed E-state index contributed by atoms with van der Waals surface area (Å²) in [5.74, 6) is -0.900. The van der Waals surface area contributed by atoms with E-state index in [0.29, 0.717) is 16.5 Å². The summed E-state index contributed by atoms with van der Waals surface area (Å²) in [5, 5.41) is 9.47. The third kappa shape index (κ3) is 5.03. The molecule has 0 saturated carbocycles. The minimum absolute atomic E-state index is 0. The van der Waals surface area contributed by atoms with Crippen LogP contribution in [0.2, 0.25) is 10.0 Å². The fraction of sp³-hybridized carbons (Fsp3) is 0.300. The highest BCUT2D eigenvalue weighted by Crippen LogP contribution is 2.23. The van der Waals surface area contributed by atoms with Crippen molar-refractivity contribution in [1.29, 1.82) is 0 Å². The highest BCUT2D eigenvalue weighted by atomic mass is 35.5. The Kier molecular flexibility index (Phi) is 6.76. The lowest BCUT2D eigenvalue weighted by Crippen LogP contribution is -2.26. The maximum absolute atomic E-state index is 10.4. The summed E-state index contributed by atoms with van der Waals surface area (Å²) in [4.78, 5) is 10.4. The lowest BCUT2D eigenvalue weighted by atomic mass is 10.0. The van der Waals surface area contributed by atoms with Crippen LogP contribution in [0, 0.1) is 0 Å². The van der Waals surface area contributed by atoms with E-state index in [0.717, 1.165) is 5.56 Å². The Bertz CT molecular complexity index is 371. The van der Waals surface area contributed by atoms with E-state index in [2.05, 4.69) is 0 Å². The summed E-state index contributed by atoms with van der Waals surface area (Å²) in [5.41, 5.74) is 6.53. The molecule has 0 amide bonds. The van der Waals surface area contributed by atoms with E-state index in [1.54, 1.807) is 18.2 Å². The minimum atomic E-state index is -0.900. The van der Waals surface area contributed by atoms with E-state index in [4.69, 9.17) is 34.0 Å². The third-order valence-electron chi connectivity index (χ3n) is 1.92. The SMILES string of the molecule is Cl.N[C@@H](CC(=O)O)Cc1ccc(Cl)c(Cl)c1. The molecule has 0 saturated heterocycles. The molecule has 0 unspecified atom stereocenters. The lowest BCUT2D eigenvalue weighted by molar-refractivity contribution is -0.137. The highest BCUT2D eigenvalue weighted by Gasteiger charge is 2.09. The molecule has 3 nitrogen and oxygen atoms in total. The molecule has 1 aromatic carbocycles. The van der Waals surface area contributed by atoms with Crippen molar-refractivity contribution < 1.29 is 9.90 Å². The number of carboxylic acids is 1. The number of benzene rings is 1. The van der Waals surface area contributed by atoms with E-state index in [1.807, 2.05) is 0 Å². The average Bonchev–Trinajstić information content (AvgIpc) is 2.10. The van der Waals surface area contributed by atoms with Gasteiger partial charge in [-0.3, -0.25) is 4.79 Å². The van der Waals surface area contributed by atoms with Crippen molar-refractivity contribution in [2.45, 2.75) is 18.9 Å². The Morgan fingerprint density at radius 3 is 2.50 bits per heavy atom. The summed E-state index contributed by atoms with van der Waals surface area (Å²) in [6.45, 7) is 0. The predicted molar refractivity (Wildman–Crippen MR) is 67.6 cm³/mol. The molecule has 1 atom stereocenters. The maximum atomic E-state index is 10.4. The second-order valence-corrected chi connectivity index (χ2v) is 4.12. The van der Waals surface area contributed by atoms with Crippen LogP contribution in [-0.2, 0) is 11.2 Å². The van der Waals surface area contributed by atoms with Crippen LogP contribution in [0.4, 0.5) is 0 Å². The summed E-state index contributed by atoms with van der Waals surface area (Å²) in [6.07, 6.45) is 0.420. The largest absolute Gasteiger partial charge is 0.481 e. The zero-order chi connectivity index (χ0) is 11.4. The number of hydrogen-bond acceptors (Lipinski definition) is 2. The number of aliphatic carboxylic acids is 1. The molecule has 0 radical (unpaired) electrons. The normalized spacial score (nSPS) is 11.7. The van der Waals surface area contributed by atoms with Crippen LogP contribution in [0.15, 0.2) is 18.2 Å². The first-order valence-electron chi connectivity index (χ1n) is 4.40. The number of halogens is 3. The van der Waals surface area contributed by atoms with Crippen molar-refractivity contribution in [2.24, 2.45) is 5.73 Å². The van der Waals surface area contributed by atoms with Gasteiger partial charge in [0.2, 0.25) is 0 Å². The quantitative estimate of drug-likeness (QED) is 0.893. The molecule has 0 bridgehead atoms. The van der Waals surface area contributed by atoms with Crippen LogP contribution in [0.25, 0.3) is 0 Å². The van der Waals surface area contributed by atoms with Gasteiger partial charge in [-0.1, -0.05) is 29.3 Å². The summed E-state index contributed by atoms with van der Waals surface area (Å²) in [6, 6.07) is 4.76. The number of nitrogens with two attached hydrogens (primary N) is 1. The predicted octanol–water partition coefficient (Wildman–Crippen LogP) is 2.76. The van der Waals surface area contributed by atoms with Gasteiger partial charge >= 0.3 is 5.97 Å². The molecule has 0 spiro atoms. The standard InChI is InChI=1S/C10H11Cl2NO2.ClH/c11-8-2-1-6(4-9(8)12)3-7(13)5-10(14)15;/h1-2,4,7H,3,5,13H2,(H,14,15);1H/t7-;/m1./s1. The van der Waals surface area contributed by atoms with Crippen molar-refractivity contribution in [3.05, 3.63) is 33.8 Å². The van der Waals surface area contributed by atoms with Crippen molar-refractivity contribution in [2.75, 3.05) is 0 Å². The molecule has 0 heterocycles. The molecule has 16 heavy (non-hydrogen) atoms. The van der Waals surface area contributed by atoms with Gasteiger partial charge in [-0.25, -0.2) is 0 Å². The number of rotatable bonds is 4. The molecule has 3 N–H and O–H groups in total. The van der Waals surface area contributed by atoms with Crippen LogP contribution in [0.3, 0.4) is 0 Å². The Hall–Kier alpha value is -0.480. The fourth-order valence-electron chi connectivity index (χ4n) is 1.27. The Morgan fingerprint density at radius 2 is 2.00 bits per heavy atom. The zero-order valence-electron chi connectivity index (χ0n) is 8.32. The molecule has 0 aliphatic rings. The first kappa shape index (κ1) is 15.5. The monoisotopic (exact) mass is 283 g/mol. The lowest BCUT2D eigenvalue weighted by Gasteiger charge is -2.09. The number of carbonyl (C=O) groups is 1. The molecular formula is C10H12Cl3NO2. The molecule has 0 aliphatic heterocycles. The molecule has 6 heteroatoms. The summed E-state index contributed by atoms with van der Waals surface area (Å²) < 4.78 is 0. The van der Waals surface area contributed by atoms with Gasteiger partial charge in [-0.05, 0) is 24.1 Å². The molecule has 0 aliphatic carbocycles. The Balaban J connectivity index is 0.00000225. The Labute approximate surface area is 110 Å². The smallest absolute Gasteiger partial charge is 0.304 e. The maximum Gasteiger partial charge on any atom is 0.304 e. The van der Waals surface area contributed by atoms with Gasteiger partial charge < -0.3 is 10.8 Å². The van der Waals surface area contributed by atoms with Crippen molar-refractivity contribution in [1.82, 2.24) is 0 Å². The first-order chi connectivity index (χ1) is 6.99. The summed E-state index contributed by atoms with van der Waals surface area (Å²) >= 11 is 11.6. The molecule has 0 fully saturated rings. The van der Waals surface area contributed by atoms with Gasteiger partial charge in [-0.2, -0.15) is 0 Å². The van der Waals surface area contributed by atoms with Gasteiger partial charge in [-0.15, -0.1) is 12.4 Å². The number of hydrogen-bond donors (Lipinski definition) is 2. The van der Waals surface area contributed by atoms with Gasteiger partial charge in [0.25, 0.3) is 0 Å². The van der Waals surface area contributed by atoms with Crippen molar-refractivity contribution in [3.63, 3.8) is 0 Å². The van der Waals surface area contributed by atoms with E-state index < -0.39 is 12.0 Å². The van der Waals surface area contributed by atoms with Gasteiger partial charge in [0, 0.05) is 6.04 Å². The topological polar surface area (TPSA) is 63.3 Å². The molecule has 1 aromatic rings. The fourth-order valence-corrected chi connectivity index (χ4v) is 1.59. The summed E-state index contributed by atoms with van der Waals surface area (Å²) in [7, 11) is 0. The minimum Gasteiger partial charge on any atom is -0.481 e. The van der Waals surface area contributed by atoms with E-state index in [1.165, 1.54) is 0 Å². The molecule has 0 aromatic heterocycles. The van der Waals surface area contributed by atoms with Crippen LogP contribution in [-0.4, -0.2) is 17.1 Å². The van der Waals surface area contributed by atoms with Crippen LogP contribution >= 0.6 is 35.6 Å². The van der Waals surface area contributed by atoms with E-state index in [9.17, 15) is 4.79 Å². The second kappa shape index (κ2) is 6.97. The number of carboxylic acid groups (broad SMARTS) is 1. The van der Waals surface area contributed by atoms with E-state index >= 15 is 0 Å². The van der Waals surface area contributed by atoms with Gasteiger partial charge in [0.05, 0.1) is 16.5 Å². The second-order valence-electron chi connectivity index (χ2n) is 3.31. The Morgan fingerprint density at radius 1 is 1.38 bits per heavy atom. The zero-order valence-corrected chi connectivity index (χ0v) is 10.6. The van der Waals surface area contributed by atoms with Crippen LogP contribution in [0.5, 0.6) is 0 Å². The van der Waals surface area contributed by atoms with Gasteiger partial charge in [0.15, 0.2) is 0 Å². The van der Waals surface area contributed by atoms with E-state index in [-0.39, 0.29) is 18.8 Å². The molecular weight excluding hydrogens is 272 g/mol. The molecule has 1 rings (SSSR count). The molecule has 90 valence electrons. The third-order valence-corrected chi connectivity index (χ3v) is 2.66. The first-order valence-corrected chi connectivity index (χ1v) is 5.16. The van der Waals surface area contributed by atoms with Crippen LogP contribution in [0.1, 0.15) is 12.0 Å². The van der Waals surface area contributed by atoms with Crippen LogP contribution < -0.4 is 5.73 Å². The highest BCUT2D eigenvalue weighted by molar-refractivity contribution is 6.42. The van der Waals surface area contributed by atoms with Crippen molar-refractivity contribution in [3.8, 4) is 0 Å². The van der Waals surface area contributed by atoms with Crippen molar-refractivity contribution >= 4 is 41.6 Å².